The first-order valence-corrected chi connectivity index (χ1v) is 27.4. The van der Waals surface area contributed by atoms with Gasteiger partial charge in [0.2, 0.25) is 5.91 Å². The van der Waals surface area contributed by atoms with Gasteiger partial charge in [0.15, 0.2) is 6.29 Å². The predicted molar refractivity (Wildman–Crippen MR) is 294 cm³/mol. The summed E-state index contributed by atoms with van der Waals surface area (Å²) < 4.78 is 11.2. The van der Waals surface area contributed by atoms with Gasteiger partial charge in [-0.25, -0.2) is 0 Å². The predicted octanol–water partition coefficient (Wildman–Crippen LogP) is 13.3. The Hall–Kier alpha value is -3.67. The number of hydrogen-bond donors (Lipinski definition) is 6. The van der Waals surface area contributed by atoms with Crippen LogP contribution in [0.2, 0.25) is 0 Å². The lowest BCUT2D eigenvalue weighted by Gasteiger charge is -2.40. The van der Waals surface area contributed by atoms with E-state index in [1.807, 2.05) is 6.08 Å². The smallest absolute Gasteiger partial charge is 0.220 e. The number of carbonyl (C=O) groups is 1. The SMILES string of the molecule is CC/C=C\C/C=C\C/C=C\C/C=C\C/C=C\C/C=C\C/C=C\C/C=C\CCCCCCCCCCCCCCC(=O)NC(COC1OC(CO)C(O)C(O)C1O)C(O)/C=C/CC/C=C/CC/C=C/CC. The summed E-state index contributed by atoms with van der Waals surface area (Å²) >= 11 is 0. The zero-order valence-corrected chi connectivity index (χ0v) is 43.7. The van der Waals surface area contributed by atoms with E-state index in [1.165, 1.54) is 57.8 Å². The number of amides is 1. The number of hydrogen-bond acceptors (Lipinski definition) is 8. The van der Waals surface area contributed by atoms with Gasteiger partial charge in [0, 0.05) is 6.42 Å². The zero-order valence-electron chi connectivity index (χ0n) is 43.7. The van der Waals surface area contributed by atoms with Crippen LogP contribution in [-0.2, 0) is 14.3 Å². The Morgan fingerprint density at radius 3 is 1.31 bits per heavy atom. The molecule has 7 atom stereocenters. The molecule has 0 spiro atoms. The molecule has 9 nitrogen and oxygen atoms in total. The summed E-state index contributed by atoms with van der Waals surface area (Å²) in [6, 6.07) is -0.836. The Bertz CT molecular complexity index is 1550. The second-order valence-electron chi connectivity index (χ2n) is 18.2. The van der Waals surface area contributed by atoms with Crippen molar-refractivity contribution < 1.29 is 39.8 Å². The molecule has 1 amide bonds. The van der Waals surface area contributed by atoms with Crippen LogP contribution < -0.4 is 5.32 Å². The molecule has 1 fully saturated rings. The lowest BCUT2D eigenvalue weighted by molar-refractivity contribution is -0.302. The van der Waals surface area contributed by atoms with Crippen molar-refractivity contribution in [3.63, 3.8) is 0 Å². The van der Waals surface area contributed by atoms with Crippen LogP contribution in [0.3, 0.4) is 0 Å². The first-order valence-electron chi connectivity index (χ1n) is 27.4. The van der Waals surface area contributed by atoms with Crippen LogP contribution in [0.5, 0.6) is 0 Å². The summed E-state index contributed by atoms with van der Waals surface area (Å²) in [6.45, 7) is 3.49. The van der Waals surface area contributed by atoms with Gasteiger partial charge in [0.25, 0.3) is 0 Å². The highest BCUT2D eigenvalue weighted by atomic mass is 16.7. The van der Waals surface area contributed by atoms with E-state index in [2.05, 4.69) is 141 Å². The Morgan fingerprint density at radius 1 is 0.486 bits per heavy atom. The van der Waals surface area contributed by atoms with Crippen molar-refractivity contribution in [1.29, 1.82) is 0 Å². The molecule has 6 N–H and O–H groups in total. The quantitative estimate of drug-likeness (QED) is 0.0261. The van der Waals surface area contributed by atoms with Gasteiger partial charge in [-0.15, -0.1) is 0 Å². The lowest BCUT2D eigenvalue weighted by atomic mass is 9.99. The van der Waals surface area contributed by atoms with Gasteiger partial charge in [-0.2, -0.15) is 0 Å². The molecule has 1 heterocycles. The third-order valence-corrected chi connectivity index (χ3v) is 11.9. The molecule has 396 valence electrons. The van der Waals surface area contributed by atoms with Crippen molar-refractivity contribution in [2.24, 2.45) is 0 Å². The minimum absolute atomic E-state index is 0.202. The maximum atomic E-state index is 13.0. The summed E-state index contributed by atoms with van der Waals surface area (Å²) in [5, 5.41) is 54.2. The van der Waals surface area contributed by atoms with E-state index in [-0.39, 0.29) is 12.5 Å². The second kappa shape index (κ2) is 48.9. The molecule has 0 aliphatic carbocycles. The maximum Gasteiger partial charge on any atom is 0.220 e. The average molecular weight is 974 g/mol. The van der Waals surface area contributed by atoms with Crippen LogP contribution in [0.15, 0.2) is 134 Å². The Balaban J connectivity index is 2.13. The number of carbonyl (C=O) groups excluding carboxylic acids is 1. The van der Waals surface area contributed by atoms with Crippen LogP contribution in [-0.4, -0.2) is 87.5 Å². The second-order valence-corrected chi connectivity index (χ2v) is 18.2. The zero-order chi connectivity index (χ0) is 50.8. The van der Waals surface area contributed by atoms with Crippen LogP contribution in [0.1, 0.15) is 187 Å². The molecule has 9 heteroatoms. The van der Waals surface area contributed by atoms with Gasteiger partial charge in [0.1, 0.15) is 24.4 Å². The highest BCUT2D eigenvalue weighted by Crippen LogP contribution is 2.22. The lowest BCUT2D eigenvalue weighted by Crippen LogP contribution is -2.60. The third kappa shape index (κ3) is 38.1. The van der Waals surface area contributed by atoms with E-state index >= 15 is 0 Å². The molecule has 1 rings (SSSR count). The van der Waals surface area contributed by atoms with Crippen molar-refractivity contribution in [3.8, 4) is 0 Å². The number of rotatable bonds is 44. The van der Waals surface area contributed by atoms with Crippen LogP contribution in [0, 0.1) is 0 Å². The van der Waals surface area contributed by atoms with E-state index in [0.717, 1.165) is 109 Å². The van der Waals surface area contributed by atoms with Gasteiger partial charge in [-0.05, 0) is 103 Å². The fourth-order valence-electron chi connectivity index (χ4n) is 7.68. The van der Waals surface area contributed by atoms with Gasteiger partial charge < -0.3 is 40.3 Å². The molecule has 1 aliphatic rings. The molecule has 0 aromatic carbocycles. The average Bonchev–Trinajstić information content (AvgIpc) is 3.36. The molecule has 0 aromatic heterocycles. The Morgan fingerprint density at radius 2 is 0.857 bits per heavy atom. The van der Waals surface area contributed by atoms with Crippen molar-refractivity contribution in [3.05, 3.63) is 134 Å². The van der Waals surface area contributed by atoms with Crippen LogP contribution >= 0.6 is 0 Å². The molecule has 0 bridgehead atoms. The van der Waals surface area contributed by atoms with Crippen molar-refractivity contribution >= 4 is 5.91 Å². The number of unbranched alkanes of at least 4 members (excludes halogenated alkanes) is 14. The van der Waals surface area contributed by atoms with Gasteiger partial charge in [-0.1, -0.05) is 212 Å². The van der Waals surface area contributed by atoms with Crippen LogP contribution in [0.4, 0.5) is 0 Å². The van der Waals surface area contributed by atoms with Crippen LogP contribution in [0.25, 0.3) is 0 Å². The minimum atomic E-state index is -1.58. The number of aliphatic hydroxyl groups excluding tert-OH is 5. The topological polar surface area (TPSA) is 149 Å². The Kier molecular flexibility index (Phi) is 45.0. The summed E-state index contributed by atoms with van der Waals surface area (Å²) in [5.41, 5.74) is 0. The highest BCUT2D eigenvalue weighted by molar-refractivity contribution is 5.76. The fourth-order valence-corrected chi connectivity index (χ4v) is 7.68. The first kappa shape index (κ1) is 64.3. The standard InChI is InChI=1S/C61H99NO8/c1-3-5-7-9-11-13-15-16-17-18-19-20-21-22-23-24-25-26-27-28-29-30-31-32-33-34-35-36-37-38-39-40-41-43-45-47-49-51-57(65)62-54(53-69-61-60(68)59(67)58(66)56(52-63)70-61)55(64)50-48-46-44-42-14-12-10-8-6-4-2/h5-8,11,13-14,16-17,19-20,22-23,25-26,28-29,31-32,42,48,50,54-56,58-61,63-64,66-68H,3-4,9-10,12,15,18,21,24,27,30,33-41,43-47,49,51-53H2,1-2H3,(H,62,65)/b7-5-,8-6+,13-11-,17-16-,20-19-,23-22-,26-25-,29-28-,32-31-,42-14+,50-48+. The van der Waals surface area contributed by atoms with Crippen molar-refractivity contribution in [1.82, 2.24) is 5.32 Å². The van der Waals surface area contributed by atoms with Crippen molar-refractivity contribution in [2.45, 2.75) is 230 Å². The summed E-state index contributed by atoms with van der Waals surface area (Å²) in [4.78, 5) is 13.0. The van der Waals surface area contributed by atoms with Crippen molar-refractivity contribution in [2.75, 3.05) is 13.2 Å². The fraction of sp³-hybridized carbons (Fsp3) is 0.623. The molecule has 0 saturated carbocycles. The Labute approximate surface area is 426 Å². The molecule has 0 aromatic rings. The molecule has 70 heavy (non-hydrogen) atoms. The molecule has 0 radical (unpaired) electrons. The van der Waals surface area contributed by atoms with Gasteiger partial charge in [-0.3, -0.25) is 4.79 Å². The van der Waals surface area contributed by atoms with Gasteiger partial charge in [0.05, 0.1) is 25.4 Å². The highest BCUT2D eigenvalue weighted by Gasteiger charge is 2.44. The van der Waals surface area contributed by atoms with Gasteiger partial charge >= 0.3 is 0 Å². The summed E-state index contributed by atoms with van der Waals surface area (Å²) in [6.07, 6.45) is 68.2. The van der Waals surface area contributed by atoms with E-state index in [0.29, 0.717) is 6.42 Å². The normalized spacial score (nSPS) is 20.5. The monoisotopic (exact) mass is 974 g/mol. The van der Waals surface area contributed by atoms with E-state index in [9.17, 15) is 30.3 Å². The molecular weight excluding hydrogens is 875 g/mol. The third-order valence-electron chi connectivity index (χ3n) is 11.9. The van der Waals surface area contributed by atoms with E-state index < -0.39 is 49.5 Å². The number of allylic oxidation sites excluding steroid dienone is 21. The maximum absolute atomic E-state index is 13.0. The molecule has 1 aliphatic heterocycles. The number of nitrogens with one attached hydrogen (secondary N) is 1. The summed E-state index contributed by atoms with van der Waals surface area (Å²) in [7, 11) is 0. The minimum Gasteiger partial charge on any atom is -0.394 e. The molecule has 7 unspecified atom stereocenters. The first-order chi connectivity index (χ1) is 34.3. The number of ether oxygens (including phenoxy) is 2. The molecule has 1 saturated heterocycles. The van der Waals surface area contributed by atoms with E-state index in [4.69, 9.17) is 9.47 Å². The molecular formula is C61H99NO8. The summed E-state index contributed by atoms with van der Waals surface area (Å²) in [5.74, 6) is -0.202. The largest absolute Gasteiger partial charge is 0.394 e. The number of aliphatic hydroxyl groups is 5. The van der Waals surface area contributed by atoms with E-state index in [1.54, 1.807) is 6.08 Å².